The summed E-state index contributed by atoms with van der Waals surface area (Å²) in [5.41, 5.74) is -0.0638. The largest absolute Gasteiger partial charge is 0.381 e. The smallest absolute Gasteiger partial charge is 0.249 e. The average molecular weight is 337 g/mol. The van der Waals surface area contributed by atoms with Crippen molar-refractivity contribution in [3.8, 4) is 0 Å². The zero-order chi connectivity index (χ0) is 16.4. The second-order valence-electron chi connectivity index (χ2n) is 6.92. The van der Waals surface area contributed by atoms with Gasteiger partial charge in [-0.3, -0.25) is 0 Å². The second kappa shape index (κ2) is 6.52. The van der Waals surface area contributed by atoms with Gasteiger partial charge in [0.15, 0.2) is 5.82 Å². The molecule has 7 nitrogen and oxygen atoms in total. The van der Waals surface area contributed by atoms with Gasteiger partial charge in [-0.05, 0) is 25.7 Å². The van der Waals surface area contributed by atoms with Crippen molar-refractivity contribution < 1.29 is 9.26 Å². The van der Waals surface area contributed by atoms with Gasteiger partial charge in [-0.2, -0.15) is 9.36 Å². The lowest BCUT2D eigenvalue weighted by Crippen LogP contribution is -2.27. The zero-order valence-corrected chi connectivity index (χ0v) is 14.8. The number of ether oxygens (including phenoxy) is 1. The molecule has 0 aliphatic carbocycles. The van der Waals surface area contributed by atoms with Crippen LogP contribution in [-0.2, 0) is 10.2 Å². The summed E-state index contributed by atoms with van der Waals surface area (Å²) in [6, 6.07) is -0.0548. The van der Waals surface area contributed by atoms with Gasteiger partial charge >= 0.3 is 0 Å². The van der Waals surface area contributed by atoms with Crippen molar-refractivity contribution in [2.75, 3.05) is 18.5 Å². The quantitative estimate of drug-likeness (QED) is 0.917. The minimum atomic E-state index is -0.0638. The topological polar surface area (TPSA) is 86.0 Å². The molecule has 3 rings (SSSR count). The molecule has 2 aromatic rings. The van der Waals surface area contributed by atoms with Crippen LogP contribution in [0.1, 0.15) is 57.2 Å². The number of hydrogen-bond acceptors (Lipinski definition) is 8. The van der Waals surface area contributed by atoms with Crippen molar-refractivity contribution >= 4 is 16.7 Å². The minimum Gasteiger partial charge on any atom is -0.381 e. The van der Waals surface area contributed by atoms with E-state index in [-0.39, 0.29) is 11.5 Å². The van der Waals surface area contributed by atoms with E-state index in [4.69, 9.17) is 9.26 Å². The molecule has 0 radical (unpaired) electrons. The molecule has 1 fully saturated rings. The summed E-state index contributed by atoms with van der Waals surface area (Å²) in [5.74, 6) is 2.48. The van der Waals surface area contributed by atoms with E-state index in [0.717, 1.165) is 37.0 Å². The maximum atomic E-state index is 5.47. The average Bonchev–Trinajstić information content (AvgIpc) is 3.14. The van der Waals surface area contributed by atoms with Gasteiger partial charge in [-0.1, -0.05) is 25.9 Å². The first kappa shape index (κ1) is 16.3. The fourth-order valence-corrected chi connectivity index (χ4v) is 3.38. The normalized spacial score (nSPS) is 18.1. The summed E-state index contributed by atoms with van der Waals surface area (Å²) < 4.78 is 15.3. The highest BCUT2D eigenvalue weighted by molar-refractivity contribution is 7.09. The Morgan fingerprint density at radius 3 is 2.52 bits per heavy atom. The van der Waals surface area contributed by atoms with Crippen molar-refractivity contribution in [2.45, 2.75) is 52.0 Å². The lowest BCUT2D eigenvalue weighted by molar-refractivity contribution is 0.0571. The van der Waals surface area contributed by atoms with Crippen LogP contribution in [-0.4, -0.2) is 32.7 Å². The lowest BCUT2D eigenvalue weighted by Gasteiger charge is -2.28. The third-order valence-corrected chi connectivity index (χ3v) is 4.57. The van der Waals surface area contributed by atoms with Crippen LogP contribution in [0.15, 0.2) is 4.52 Å². The third-order valence-electron chi connectivity index (χ3n) is 3.92. The molecule has 1 atom stereocenters. The van der Waals surface area contributed by atoms with Gasteiger partial charge in [0.1, 0.15) is 11.9 Å². The van der Waals surface area contributed by atoms with Crippen LogP contribution in [0.3, 0.4) is 0 Å². The van der Waals surface area contributed by atoms with Crippen molar-refractivity contribution in [3.05, 3.63) is 17.5 Å². The van der Waals surface area contributed by atoms with Crippen LogP contribution < -0.4 is 5.32 Å². The summed E-state index contributed by atoms with van der Waals surface area (Å²) >= 11 is 1.38. The first-order valence-corrected chi connectivity index (χ1v) is 8.69. The molecule has 3 heterocycles. The first-order chi connectivity index (χ1) is 10.9. The minimum absolute atomic E-state index is 0.0548. The van der Waals surface area contributed by atoms with Crippen molar-refractivity contribution in [1.82, 2.24) is 19.5 Å². The molecular formula is C15H23N5O2S. The predicted molar refractivity (Wildman–Crippen MR) is 87.6 cm³/mol. The van der Waals surface area contributed by atoms with Crippen LogP contribution >= 0.6 is 11.5 Å². The Labute approximate surface area is 140 Å². The van der Waals surface area contributed by atoms with Gasteiger partial charge in [0, 0.05) is 30.2 Å². The SMILES string of the molecule is Cc1noc(C(Nc2nc(C(C)(C)C)ns2)C2CCOCC2)n1. The molecule has 1 saturated heterocycles. The number of hydrogen-bond donors (Lipinski definition) is 1. The number of nitrogens with one attached hydrogen (secondary N) is 1. The van der Waals surface area contributed by atoms with Crippen LogP contribution in [0.4, 0.5) is 5.13 Å². The highest BCUT2D eigenvalue weighted by Gasteiger charge is 2.31. The lowest BCUT2D eigenvalue weighted by atomic mass is 9.91. The molecule has 0 saturated carbocycles. The Bertz CT molecular complexity index is 642. The van der Waals surface area contributed by atoms with E-state index < -0.39 is 0 Å². The van der Waals surface area contributed by atoms with Gasteiger partial charge in [0.05, 0.1) is 0 Å². The van der Waals surface area contributed by atoms with Crippen molar-refractivity contribution in [2.24, 2.45) is 5.92 Å². The third kappa shape index (κ3) is 3.87. The molecule has 1 unspecified atom stereocenters. The predicted octanol–water partition coefficient (Wildman–Crippen LogP) is 3.11. The van der Waals surface area contributed by atoms with Gasteiger partial charge < -0.3 is 14.6 Å². The van der Waals surface area contributed by atoms with Gasteiger partial charge in [0.25, 0.3) is 0 Å². The van der Waals surface area contributed by atoms with Gasteiger partial charge in [-0.25, -0.2) is 4.98 Å². The summed E-state index contributed by atoms with van der Waals surface area (Å²) in [6.07, 6.45) is 1.92. The highest BCUT2D eigenvalue weighted by atomic mass is 32.1. The summed E-state index contributed by atoms with van der Waals surface area (Å²) in [4.78, 5) is 9.04. The van der Waals surface area contributed by atoms with Crippen LogP contribution in [0.5, 0.6) is 0 Å². The molecule has 1 N–H and O–H groups in total. The van der Waals surface area contributed by atoms with Crippen LogP contribution in [0.2, 0.25) is 0 Å². The fraction of sp³-hybridized carbons (Fsp3) is 0.733. The van der Waals surface area contributed by atoms with Crippen molar-refractivity contribution in [1.29, 1.82) is 0 Å². The summed E-state index contributed by atoms with van der Waals surface area (Å²) in [6.45, 7) is 9.68. The molecular weight excluding hydrogens is 314 g/mol. The Hall–Kier alpha value is -1.54. The zero-order valence-electron chi connectivity index (χ0n) is 14.0. The first-order valence-electron chi connectivity index (χ1n) is 7.92. The Balaban J connectivity index is 1.82. The maximum Gasteiger partial charge on any atom is 0.249 e. The molecule has 0 aromatic carbocycles. The van der Waals surface area contributed by atoms with Crippen molar-refractivity contribution in [3.63, 3.8) is 0 Å². The molecule has 0 amide bonds. The summed E-state index contributed by atoms with van der Waals surface area (Å²) in [7, 11) is 0. The molecule has 0 bridgehead atoms. The molecule has 1 aliphatic rings. The summed E-state index contributed by atoms with van der Waals surface area (Å²) in [5, 5.41) is 8.19. The maximum absolute atomic E-state index is 5.47. The van der Waals surface area contributed by atoms with E-state index in [2.05, 4.69) is 45.6 Å². The second-order valence-corrected chi connectivity index (χ2v) is 7.68. The number of rotatable bonds is 4. The van der Waals surface area contributed by atoms with E-state index >= 15 is 0 Å². The van der Waals surface area contributed by atoms with Gasteiger partial charge in [0.2, 0.25) is 11.0 Å². The van der Waals surface area contributed by atoms with Crippen LogP contribution in [0, 0.1) is 12.8 Å². The molecule has 2 aromatic heterocycles. The number of nitrogens with zero attached hydrogens (tertiary/aromatic N) is 4. The van der Waals surface area contributed by atoms with E-state index in [1.807, 2.05) is 6.92 Å². The molecule has 8 heteroatoms. The number of anilines is 1. The van der Waals surface area contributed by atoms with Crippen LogP contribution in [0.25, 0.3) is 0 Å². The number of aryl methyl sites for hydroxylation is 1. The van der Waals surface area contributed by atoms with Gasteiger partial charge in [-0.15, -0.1) is 0 Å². The van der Waals surface area contributed by atoms with E-state index in [0.29, 0.717) is 17.6 Å². The van der Waals surface area contributed by atoms with E-state index in [1.165, 1.54) is 11.5 Å². The fourth-order valence-electron chi connectivity index (χ4n) is 2.59. The Morgan fingerprint density at radius 1 is 1.22 bits per heavy atom. The molecule has 126 valence electrons. The van der Waals surface area contributed by atoms with E-state index in [1.54, 1.807) is 0 Å². The molecule has 23 heavy (non-hydrogen) atoms. The molecule has 0 spiro atoms. The highest BCUT2D eigenvalue weighted by Crippen LogP contribution is 2.33. The standard InChI is InChI=1S/C15H23N5O2S/c1-9-16-12(22-19-9)11(10-5-7-21-8-6-10)17-14-18-13(20-23-14)15(2,3)4/h10-11H,5-8H2,1-4H3,(H,17,18,20). The number of aromatic nitrogens is 4. The monoisotopic (exact) mass is 337 g/mol. The molecule has 1 aliphatic heterocycles. The Kier molecular flexibility index (Phi) is 4.63. The van der Waals surface area contributed by atoms with E-state index in [9.17, 15) is 0 Å². The Morgan fingerprint density at radius 2 is 1.96 bits per heavy atom.